The van der Waals surface area contributed by atoms with Crippen LogP contribution in [0.15, 0.2) is 90.3 Å². The smallest absolute Gasteiger partial charge is 0.303 e. The zero-order valence-electron chi connectivity index (χ0n) is 37.2. The SMILES string of the molecule is CC(C)(CC(=O)N/N=C1\CCCc2cc(OCCCC(=O)O)ccc21)SSCCC(=O)N1CCN(c2ccc(C(=O)NCc3ccc(NC(=O)C4CC4c4cccnc4)cc3F)cc2)CC1. The fraction of sp³-hybridized carbons (Fsp3) is 0.408. The number of benzene rings is 3. The molecule has 3 aromatic carbocycles. The topological polar surface area (TPSA) is 183 Å². The Morgan fingerprint density at radius 3 is 2.52 bits per heavy atom. The molecular formula is C49H56FN7O7S2. The number of nitrogens with one attached hydrogen (secondary N) is 3. The van der Waals surface area contributed by atoms with Crippen molar-refractivity contribution < 1.29 is 38.2 Å². The molecule has 1 aromatic heterocycles. The predicted octanol–water partition coefficient (Wildman–Crippen LogP) is 7.58. The summed E-state index contributed by atoms with van der Waals surface area (Å²) in [5, 5.41) is 18.9. The Bertz CT molecular complexity index is 2410. The number of carbonyl (C=O) groups excluding carboxylic acids is 4. The van der Waals surface area contributed by atoms with Crippen LogP contribution in [-0.4, -0.2) is 93.6 Å². The molecule has 4 amide bonds. The summed E-state index contributed by atoms with van der Waals surface area (Å²) in [4.78, 5) is 70.7. The van der Waals surface area contributed by atoms with E-state index in [4.69, 9.17) is 9.84 Å². The number of fused-ring (bicyclic) bond motifs is 1. The Kier molecular flexibility index (Phi) is 16.4. The van der Waals surface area contributed by atoms with E-state index in [0.717, 1.165) is 53.8 Å². The number of halogens is 1. The third-order valence-electron chi connectivity index (χ3n) is 11.8. The quantitative estimate of drug-likeness (QED) is 0.0390. The molecule has 2 fully saturated rings. The number of aromatic nitrogens is 1. The summed E-state index contributed by atoms with van der Waals surface area (Å²) >= 11 is 0. The van der Waals surface area contributed by atoms with Gasteiger partial charge in [0, 0.05) is 109 Å². The van der Waals surface area contributed by atoms with Crippen molar-refractivity contribution in [2.75, 3.05) is 48.8 Å². The van der Waals surface area contributed by atoms with Crippen LogP contribution in [0, 0.1) is 11.7 Å². The second-order valence-corrected chi connectivity index (χ2v) is 20.5. The van der Waals surface area contributed by atoms with E-state index < -0.39 is 11.8 Å². The fourth-order valence-electron chi connectivity index (χ4n) is 8.10. The molecule has 1 aliphatic heterocycles. The van der Waals surface area contributed by atoms with Gasteiger partial charge >= 0.3 is 5.97 Å². The Labute approximate surface area is 392 Å². The molecule has 14 nitrogen and oxygen atoms in total. The van der Waals surface area contributed by atoms with Gasteiger partial charge in [-0.1, -0.05) is 33.7 Å². The van der Waals surface area contributed by atoms with Crippen molar-refractivity contribution >= 4 is 68.3 Å². The molecule has 0 bridgehead atoms. The highest BCUT2D eigenvalue weighted by Gasteiger charge is 2.44. The minimum atomic E-state index is -0.843. The van der Waals surface area contributed by atoms with Gasteiger partial charge in [0.25, 0.3) is 5.91 Å². The van der Waals surface area contributed by atoms with Gasteiger partial charge in [-0.3, -0.25) is 29.0 Å². The zero-order chi connectivity index (χ0) is 46.6. The van der Waals surface area contributed by atoms with E-state index in [1.54, 1.807) is 58.2 Å². The Hall–Kier alpha value is -5.94. The molecule has 1 saturated heterocycles. The second kappa shape index (κ2) is 22.5. The lowest BCUT2D eigenvalue weighted by molar-refractivity contribution is -0.137. The highest BCUT2D eigenvalue weighted by molar-refractivity contribution is 8.77. The molecule has 4 N–H and O–H groups in total. The van der Waals surface area contributed by atoms with Crippen LogP contribution in [0.25, 0.3) is 0 Å². The summed E-state index contributed by atoms with van der Waals surface area (Å²) < 4.78 is 20.3. The van der Waals surface area contributed by atoms with Gasteiger partial charge in [-0.2, -0.15) is 5.10 Å². The second-order valence-electron chi connectivity index (χ2n) is 17.3. The van der Waals surface area contributed by atoms with Crippen LogP contribution < -0.4 is 25.7 Å². The molecular weight excluding hydrogens is 882 g/mol. The number of piperazine rings is 1. The predicted molar refractivity (Wildman–Crippen MR) is 256 cm³/mol. The number of nitrogens with zero attached hydrogens (tertiary/aromatic N) is 4. The first-order valence-electron chi connectivity index (χ1n) is 22.4. The lowest BCUT2D eigenvalue weighted by atomic mass is 9.90. The van der Waals surface area contributed by atoms with Crippen molar-refractivity contribution in [2.24, 2.45) is 11.0 Å². The van der Waals surface area contributed by atoms with E-state index in [0.29, 0.717) is 73.9 Å². The number of amides is 4. The minimum Gasteiger partial charge on any atom is -0.494 e. The molecule has 2 heterocycles. The Morgan fingerprint density at radius 2 is 1.77 bits per heavy atom. The molecule has 0 spiro atoms. The van der Waals surface area contributed by atoms with Crippen molar-refractivity contribution in [3.05, 3.63) is 119 Å². The number of rotatable bonds is 20. The average molecular weight is 938 g/mol. The van der Waals surface area contributed by atoms with Gasteiger partial charge in [0.2, 0.25) is 17.7 Å². The van der Waals surface area contributed by atoms with E-state index in [-0.39, 0.29) is 59.6 Å². The molecule has 1 saturated carbocycles. The van der Waals surface area contributed by atoms with Crippen LogP contribution in [0.3, 0.4) is 0 Å². The first-order chi connectivity index (χ1) is 31.8. The lowest BCUT2D eigenvalue weighted by Crippen LogP contribution is -2.48. The number of aryl methyl sites for hydroxylation is 1. The molecule has 2 atom stereocenters. The zero-order valence-corrected chi connectivity index (χ0v) is 38.9. The van der Waals surface area contributed by atoms with Crippen LogP contribution in [0.1, 0.15) is 97.3 Å². The monoisotopic (exact) mass is 937 g/mol. The first kappa shape index (κ1) is 48.0. The standard InChI is InChI=1S/C49H56FN7O7S2/c1-49(2,29-44(58)55-54-43-8-3-6-33-26-38(16-17-39(33)43)64-24-5-9-46(60)61)66-65-25-18-45(59)57-22-20-56(21-23-57)37-14-11-32(12-15-37)47(62)52-31-35-10-13-36(27-42(35)50)53-48(63)41-28-40(41)34-7-4-19-51-30-34/h4,7,10-17,19,26-27,30,40-41H,3,5-6,8-9,18,20-25,28-29,31H2,1-2H3,(H,52,62)(H,53,63)(H,55,58)(H,60,61)/b54-43+. The highest BCUT2D eigenvalue weighted by Crippen LogP contribution is 2.47. The molecule has 7 rings (SSSR count). The molecule has 4 aromatic rings. The Balaban J connectivity index is 0.768. The van der Waals surface area contributed by atoms with Crippen LogP contribution in [0.2, 0.25) is 0 Å². The van der Waals surface area contributed by atoms with Crippen LogP contribution in [-0.2, 0) is 32.1 Å². The summed E-state index contributed by atoms with van der Waals surface area (Å²) in [7, 11) is 3.17. The van der Waals surface area contributed by atoms with Crippen molar-refractivity contribution in [1.82, 2.24) is 20.6 Å². The third-order valence-corrected chi connectivity index (χ3v) is 15.1. The molecule has 348 valence electrons. The van der Waals surface area contributed by atoms with Crippen molar-refractivity contribution in [3.63, 3.8) is 0 Å². The highest BCUT2D eigenvalue weighted by atomic mass is 33.1. The number of anilines is 2. The van der Waals surface area contributed by atoms with E-state index in [2.05, 4.69) is 31.0 Å². The maximum Gasteiger partial charge on any atom is 0.303 e. The number of hydrogen-bond donors (Lipinski definition) is 4. The first-order valence-corrected chi connectivity index (χ1v) is 24.7. The molecule has 2 unspecified atom stereocenters. The summed E-state index contributed by atoms with van der Waals surface area (Å²) in [6.45, 7) is 6.82. The van der Waals surface area contributed by atoms with Crippen LogP contribution in [0.4, 0.5) is 15.8 Å². The van der Waals surface area contributed by atoms with Crippen LogP contribution >= 0.6 is 21.6 Å². The maximum atomic E-state index is 15.0. The van der Waals surface area contributed by atoms with E-state index in [9.17, 15) is 28.4 Å². The molecule has 2 aliphatic carbocycles. The fourth-order valence-corrected chi connectivity index (χ4v) is 10.6. The van der Waals surface area contributed by atoms with Gasteiger partial charge in [-0.05, 0) is 124 Å². The van der Waals surface area contributed by atoms with Gasteiger partial charge in [0.05, 0.1) is 12.3 Å². The largest absolute Gasteiger partial charge is 0.494 e. The molecule has 3 aliphatic rings. The van der Waals surface area contributed by atoms with E-state index in [1.165, 1.54) is 6.07 Å². The molecule has 0 radical (unpaired) electrons. The number of carboxylic acid groups (broad SMARTS) is 1. The molecule has 66 heavy (non-hydrogen) atoms. The summed E-state index contributed by atoms with van der Waals surface area (Å²) in [6.07, 6.45) is 7.87. The maximum absolute atomic E-state index is 15.0. The number of ether oxygens (including phenoxy) is 1. The van der Waals surface area contributed by atoms with Gasteiger partial charge in [-0.25, -0.2) is 9.82 Å². The number of hydrogen-bond acceptors (Lipinski definition) is 11. The van der Waals surface area contributed by atoms with Crippen LogP contribution in [0.5, 0.6) is 5.75 Å². The number of carbonyl (C=O) groups is 5. The minimum absolute atomic E-state index is 0.0114. The van der Waals surface area contributed by atoms with Crippen molar-refractivity contribution in [1.29, 1.82) is 0 Å². The summed E-state index contributed by atoms with van der Waals surface area (Å²) in [5.41, 5.74) is 8.73. The van der Waals surface area contributed by atoms with E-state index >= 15 is 0 Å². The summed E-state index contributed by atoms with van der Waals surface area (Å²) in [6, 6.07) is 21.3. The average Bonchev–Trinajstić information content (AvgIpc) is 4.13. The molecule has 17 heteroatoms. The summed E-state index contributed by atoms with van der Waals surface area (Å²) in [5.74, 6) is -0.675. The van der Waals surface area contributed by atoms with Crippen molar-refractivity contribution in [3.8, 4) is 5.75 Å². The van der Waals surface area contributed by atoms with Gasteiger partial charge in [0.15, 0.2) is 0 Å². The number of aliphatic carboxylic acids is 1. The normalized spacial score (nSPS) is 17.4. The van der Waals surface area contributed by atoms with Gasteiger partial charge in [-0.15, -0.1) is 0 Å². The van der Waals surface area contributed by atoms with Crippen molar-refractivity contribution in [2.45, 2.75) is 82.4 Å². The third kappa shape index (κ3) is 13.6. The van der Waals surface area contributed by atoms with E-state index in [1.807, 2.05) is 61.2 Å². The van der Waals surface area contributed by atoms with Gasteiger partial charge in [0.1, 0.15) is 11.6 Å². The van der Waals surface area contributed by atoms with Gasteiger partial charge < -0.3 is 30.3 Å². The lowest BCUT2D eigenvalue weighted by Gasteiger charge is -2.36. The number of hydrazone groups is 1. The number of carboxylic acids is 1. The number of pyridine rings is 1. The Morgan fingerprint density at radius 1 is 0.970 bits per heavy atom.